The minimum Gasteiger partial charge on any atom is -0.356 e. The third kappa shape index (κ3) is 6.39. The first-order valence-corrected chi connectivity index (χ1v) is 7.59. The minimum atomic E-state index is 0.221. The van der Waals surface area contributed by atoms with Gasteiger partial charge in [0.05, 0.1) is 0 Å². The van der Waals surface area contributed by atoms with Crippen molar-refractivity contribution in [2.75, 3.05) is 13.1 Å². The molecule has 1 rings (SSSR count). The maximum atomic E-state index is 11.7. The highest BCUT2D eigenvalue weighted by atomic mass is 16.1. The summed E-state index contributed by atoms with van der Waals surface area (Å²) in [5.41, 5.74) is 0. The summed E-state index contributed by atoms with van der Waals surface area (Å²) in [6.45, 7) is 8.40. The quantitative estimate of drug-likeness (QED) is 0.686. The smallest absolute Gasteiger partial charge is 0.220 e. The first-order chi connectivity index (χ1) is 8.59. The molecule has 106 valence electrons. The Kier molecular flexibility index (Phi) is 7.33. The first-order valence-electron chi connectivity index (χ1n) is 7.59. The molecule has 0 aromatic rings. The van der Waals surface area contributed by atoms with Gasteiger partial charge in [0.2, 0.25) is 5.91 Å². The Morgan fingerprint density at radius 3 is 2.67 bits per heavy atom. The largest absolute Gasteiger partial charge is 0.356 e. The predicted molar refractivity (Wildman–Crippen MR) is 76.5 cm³/mol. The number of rotatable bonds is 7. The summed E-state index contributed by atoms with van der Waals surface area (Å²) in [6, 6.07) is 0.510. The van der Waals surface area contributed by atoms with E-state index < -0.39 is 0 Å². The lowest BCUT2D eigenvalue weighted by Crippen LogP contribution is -2.33. The third-order valence-electron chi connectivity index (χ3n) is 3.98. The van der Waals surface area contributed by atoms with E-state index in [1.54, 1.807) is 0 Å². The van der Waals surface area contributed by atoms with Crippen LogP contribution >= 0.6 is 0 Å². The summed E-state index contributed by atoms with van der Waals surface area (Å²) in [7, 11) is 0. The summed E-state index contributed by atoms with van der Waals surface area (Å²) in [5, 5.41) is 6.44. The molecule has 1 amide bonds. The fraction of sp³-hybridized carbons (Fsp3) is 0.933. The van der Waals surface area contributed by atoms with Crippen LogP contribution in [0.1, 0.15) is 59.3 Å². The molecule has 1 aliphatic carbocycles. The fourth-order valence-corrected chi connectivity index (χ4v) is 2.67. The average molecular weight is 254 g/mol. The van der Waals surface area contributed by atoms with Crippen LogP contribution < -0.4 is 10.6 Å². The molecule has 0 heterocycles. The van der Waals surface area contributed by atoms with Crippen molar-refractivity contribution in [2.24, 2.45) is 11.8 Å². The van der Waals surface area contributed by atoms with Crippen molar-refractivity contribution < 1.29 is 4.79 Å². The Balaban J connectivity index is 2.05. The minimum absolute atomic E-state index is 0.221. The molecule has 18 heavy (non-hydrogen) atoms. The summed E-state index contributed by atoms with van der Waals surface area (Å²) in [5.74, 6) is 1.71. The van der Waals surface area contributed by atoms with E-state index in [0.717, 1.165) is 25.4 Å². The van der Waals surface area contributed by atoms with Gasteiger partial charge in [0.15, 0.2) is 0 Å². The summed E-state index contributed by atoms with van der Waals surface area (Å²) >= 11 is 0. The monoisotopic (exact) mass is 254 g/mol. The predicted octanol–water partition coefficient (Wildman–Crippen LogP) is 2.71. The van der Waals surface area contributed by atoms with E-state index in [4.69, 9.17) is 0 Å². The highest BCUT2D eigenvalue weighted by Gasteiger charge is 2.21. The van der Waals surface area contributed by atoms with Crippen molar-refractivity contribution in [3.63, 3.8) is 0 Å². The van der Waals surface area contributed by atoms with Crippen LogP contribution in [0.5, 0.6) is 0 Å². The standard InChI is InChI=1S/C15H30N2O/c1-12(2)16-10-6-9-15(18)17-11-14-8-5-4-7-13(14)3/h12-14,16H,4-11H2,1-3H3,(H,17,18). The first kappa shape index (κ1) is 15.5. The van der Waals surface area contributed by atoms with E-state index in [9.17, 15) is 4.79 Å². The number of carbonyl (C=O) groups excluding carboxylic acids is 1. The van der Waals surface area contributed by atoms with Crippen LogP contribution in [0.2, 0.25) is 0 Å². The molecule has 3 nitrogen and oxygen atoms in total. The van der Waals surface area contributed by atoms with E-state index in [2.05, 4.69) is 31.4 Å². The molecular formula is C15H30N2O. The van der Waals surface area contributed by atoms with Crippen LogP contribution in [0.15, 0.2) is 0 Å². The maximum absolute atomic E-state index is 11.7. The Labute approximate surface area is 112 Å². The maximum Gasteiger partial charge on any atom is 0.220 e. The lowest BCUT2D eigenvalue weighted by molar-refractivity contribution is -0.121. The van der Waals surface area contributed by atoms with Crippen LogP contribution in [-0.2, 0) is 4.79 Å². The van der Waals surface area contributed by atoms with Crippen molar-refractivity contribution >= 4 is 5.91 Å². The van der Waals surface area contributed by atoms with E-state index in [-0.39, 0.29) is 5.91 Å². The molecule has 1 saturated carbocycles. The summed E-state index contributed by atoms with van der Waals surface area (Å²) < 4.78 is 0. The van der Waals surface area contributed by atoms with Gasteiger partial charge in [-0.3, -0.25) is 4.79 Å². The van der Waals surface area contributed by atoms with Crippen LogP contribution in [0, 0.1) is 11.8 Å². The molecule has 1 aliphatic rings. The molecule has 1 fully saturated rings. The Morgan fingerprint density at radius 1 is 1.28 bits per heavy atom. The Bertz CT molecular complexity index is 241. The van der Waals surface area contributed by atoms with E-state index in [1.165, 1.54) is 25.7 Å². The normalized spacial score (nSPS) is 24.2. The van der Waals surface area contributed by atoms with E-state index in [1.807, 2.05) is 0 Å². The molecule has 0 saturated heterocycles. The van der Waals surface area contributed by atoms with Gasteiger partial charge in [0.25, 0.3) is 0 Å². The fourth-order valence-electron chi connectivity index (χ4n) is 2.67. The molecule has 0 radical (unpaired) electrons. The number of nitrogens with one attached hydrogen (secondary N) is 2. The molecule has 0 spiro atoms. The molecule has 2 N–H and O–H groups in total. The number of hydrogen-bond acceptors (Lipinski definition) is 2. The van der Waals surface area contributed by atoms with Gasteiger partial charge in [-0.25, -0.2) is 0 Å². The zero-order chi connectivity index (χ0) is 13.4. The third-order valence-corrected chi connectivity index (χ3v) is 3.98. The van der Waals surface area contributed by atoms with Gasteiger partial charge in [-0.2, -0.15) is 0 Å². The Morgan fingerprint density at radius 2 is 2.00 bits per heavy atom. The average Bonchev–Trinajstić information content (AvgIpc) is 2.33. The second kappa shape index (κ2) is 8.52. The summed E-state index contributed by atoms with van der Waals surface area (Å²) in [4.78, 5) is 11.7. The topological polar surface area (TPSA) is 41.1 Å². The second-order valence-corrected chi connectivity index (χ2v) is 6.04. The summed E-state index contributed by atoms with van der Waals surface area (Å²) in [6.07, 6.45) is 6.91. The van der Waals surface area contributed by atoms with Gasteiger partial charge in [-0.15, -0.1) is 0 Å². The zero-order valence-electron chi connectivity index (χ0n) is 12.3. The van der Waals surface area contributed by atoms with Crippen molar-refractivity contribution in [1.82, 2.24) is 10.6 Å². The molecule has 0 bridgehead atoms. The van der Waals surface area contributed by atoms with Crippen LogP contribution in [0.25, 0.3) is 0 Å². The number of amides is 1. The number of hydrogen-bond donors (Lipinski definition) is 2. The van der Waals surface area contributed by atoms with Gasteiger partial charge in [-0.05, 0) is 31.2 Å². The molecule has 2 unspecified atom stereocenters. The SMILES string of the molecule is CC(C)NCCCC(=O)NCC1CCCCC1C. The van der Waals surface area contributed by atoms with E-state index in [0.29, 0.717) is 18.4 Å². The lowest BCUT2D eigenvalue weighted by Gasteiger charge is -2.28. The van der Waals surface area contributed by atoms with Gasteiger partial charge < -0.3 is 10.6 Å². The van der Waals surface area contributed by atoms with Crippen molar-refractivity contribution in [2.45, 2.75) is 65.3 Å². The van der Waals surface area contributed by atoms with Crippen LogP contribution in [-0.4, -0.2) is 25.0 Å². The second-order valence-electron chi connectivity index (χ2n) is 6.04. The van der Waals surface area contributed by atoms with Crippen molar-refractivity contribution in [3.05, 3.63) is 0 Å². The van der Waals surface area contributed by atoms with Gasteiger partial charge >= 0.3 is 0 Å². The van der Waals surface area contributed by atoms with Crippen molar-refractivity contribution in [3.8, 4) is 0 Å². The van der Waals surface area contributed by atoms with Crippen LogP contribution in [0.4, 0.5) is 0 Å². The highest BCUT2D eigenvalue weighted by molar-refractivity contribution is 5.75. The Hall–Kier alpha value is -0.570. The molecule has 0 aromatic carbocycles. The molecule has 2 atom stereocenters. The zero-order valence-corrected chi connectivity index (χ0v) is 12.3. The van der Waals surface area contributed by atoms with E-state index >= 15 is 0 Å². The van der Waals surface area contributed by atoms with Gasteiger partial charge in [-0.1, -0.05) is 40.0 Å². The van der Waals surface area contributed by atoms with Crippen molar-refractivity contribution in [1.29, 1.82) is 0 Å². The molecule has 3 heteroatoms. The molecule has 0 aromatic heterocycles. The molecule has 0 aliphatic heterocycles. The van der Waals surface area contributed by atoms with Crippen LogP contribution in [0.3, 0.4) is 0 Å². The van der Waals surface area contributed by atoms with Gasteiger partial charge in [0, 0.05) is 19.0 Å². The number of carbonyl (C=O) groups is 1. The van der Waals surface area contributed by atoms with Gasteiger partial charge in [0.1, 0.15) is 0 Å². The highest BCUT2D eigenvalue weighted by Crippen LogP contribution is 2.28. The lowest BCUT2D eigenvalue weighted by atomic mass is 9.80. The molecular weight excluding hydrogens is 224 g/mol.